The molecule has 0 aliphatic carbocycles. The largest absolute Gasteiger partial charge is 0.466 e. The van der Waals surface area contributed by atoms with E-state index < -0.39 is 23.9 Å². The summed E-state index contributed by atoms with van der Waals surface area (Å²) in [5, 5.41) is 5.06. The molecule has 16 nitrogen and oxygen atoms in total. The number of piperazine rings is 1. The van der Waals surface area contributed by atoms with Crippen LogP contribution in [0.1, 0.15) is 323 Å². The number of rotatable bonds is 66. The van der Waals surface area contributed by atoms with E-state index in [1.165, 1.54) is 180 Å². The third-order valence-corrected chi connectivity index (χ3v) is 19.0. The van der Waals surface area contributed by atoms with Crippen LogP contribution in [0.25, 0.3) is 0 Å². The molecule has 1 heterocycles. The summed E-state index contributed by atoms with van der Waals surface area (Å²) in [5.41, 5.74) is 0. The van der Waals surface area contributed by atoms with Gasteiger partial charge < -0.3 is 39.4 Å². The minimum Gasteiger partial charge on any atom is -0.466 e. The maximum Gasteiger partial charge on any atom is 0.307 e. The van der Waals surface area contributed by atoms with Crippen LogP contribution in [-0.2, 0) is 57.3 Å². The second-order valence-corrected chi connectivity index (χ2v) is 27.4. The van der Waals surface area contributed by atoms with E-state index in [0.717, 1.165) is 101 Å². The molecule has 0 bridgehead atoms. The van der Waals surface area contributed by atoms with Crippen LogP contribution in [0.5, 0.6) is 0 Å². The molecular formula is C72H132N4O12S2. The molecule has 524 valence electrons. The second kappa shape index (κ2) is 63.2. The molecule has 0 aromatic rings. The second-order valence-electron chi connectivity index (χ2n) is 25.3. The van der Waals surface area contributed by atoms with Crippen molar-refractivity contribution in [2.24, 2.45) is 0 Å². The van der Waals surface area contributed by atoms with E-state index in [4.69, 9.17) is 18.9 Å². The van der Waals surface area contributed by atoms with Crippen LogP contribution in [0.15, 0.2) is 0 Å². The Kier molecular flexibility index (Phi) is 59.5. The Morgan fingerprint density at radius 1 is 0.300 bits per heavy atom. The summed E-state index contributed by atoms with van der Waals surface area (Å²) in [6.45, 7) is 12.2. The van der Waals surface area contributed by atoms with Crippen LogP contribution < -0.4 is 10.6 Å². The van der Waals surface area contributed by atoms with E-state index >= 15 is 0 Å². The minimum atomic E-state index is -0.952. The number of unbranched alkanes of at least 4 members (excludes halogenated alkanes) is 36. The van der Waals surface area contributed by atoms with Gasteiger partial charge in [0.15, 0.2) is 10.2 Å². The zero-order valence-corrected chi connectivity index (χ0v) is 59.4. The van der Waals surface area contributed by atoms with Gasteiger partial charge in [-0.3, -0.25) is 38.4 Å². The zero-order valence-electron chi connectivity index (χ0n) is 57.8. The summed E-state index contributed by atoms with van der Waals surface area (Å²) < 4.78 is 22.2. The Bertz CT molecular complexity index is 1600. The maximum atomic E-state index is 13.3. The number of nitrogens with one attached hydrogen (secondary N) is 2. The third-order valence-electron chi connectivity index (χ3n) is 16.9. The molecular weight excluding hydrogens is 1180 g/mol. The van der Waals surface area contributed by atoms with Crippen molar-refractivity contribution in [3.8, 4) is 0 Å². The first-order valence-corrected chi connectivity index (χ1v) is 38.9. The molecule has 18 heteroatoms. The number of thioether (sulfide) groups is 2. The van der Waals surface area contributed by atoms with Crippen molar-refractivity contribution in [2.45, 2.75) is 335 Å². The summed E-state index contributed by atoms with van der Waals surface area (Å²) in [4.78, 5) is 108. The predicted molar refractivity (Wildman–Crippen MR) is 371 cm³/mol. The van der Waals surface area contributed by atoms with Gasteiger partial charge in [-0.25, -0.2) is 0 Å². The number of nitrogens with zero attached hydrogens (tertiary/aromatic N) is 2. The molecule has 1 fully saturated rings. The molecule has 2 unspecified atom stereocenters. The molecule has 2 atom stereocenters. The monoisotopic (exact) mass is 1310 g/mol. The van der Waals surface area contributed by atoms with Crippen LogP contribution >= 0.6 is 23.5 Å². The van der Waals surface area contributed by atoms with Gasteiger partial charge in [0, 0.05) is 63.6 Å². The van der Waals surface area contributed by atoms with Crippen LogP contribution in [0, 0.1) is 0 Å². The lowest BCUT2D eigenvalue weighted by Crippen LogP contribution is -2.63. The van der Waals surface area contributed by atoms with Crippen molar-refractivity contribution in [1.82, 2.24) is 20.4 Å². The summed E-state index contributed by atoms with van der Waals surface area (Å²) in [5.74, 6) is -2.12. The summed E-state index contributed by atoms with van der Waals surface area (Å²) >= 11 is 1.88. The van der Waals surface area contributed by atoms with Gasteiger partial charge in [-0.05, 0) is 25.7 Å². The number of esters is 4. The van der Waals surface area contributed by atoms with Crippen molar-refractivity contribution in [2.75, 3.05) is 77.2 Å². The third kappa shape index (κ3) is 54.2. The Morgan fingerprint density at radius 2 is 0.489 bits per heavy atom. The van der Waals surface area contributed by atoms with E-state index in [9.17, 15) is 38.4 Å². The Balaban J connectivity index is 2.65. The molecule has 2 N–H and O–H groups in total. The van der Waals surface area contributed by atoms with Crippen LogP contribution in [0.2, 0.25) is 0 Å². The number of carbonyl (C=O) groups excluding carboxylic acids is 8. The van der Waals surface area contributed by atoms with Gasteiger partial charge >= 0.3 is 23.9 Å². The smallest absolute Gasteiger partial charge is 0.307 e. The Hall–Kier alpha value is -3.22. The summed E-state index contributed by atoms with van der Waals surface area (Å²) in [7, 11) is 0. The lowest BCUT2D eigenvalue weighted by atomic mass is 10.1. The highest BCUT2D eigenvalue weighted by atomic mass is 32.2. The topological polar surface area (TPSA) is 204 Å². The molecule has 0 spiro atoms. The van der Waals surface area contributed by atoms with Crippen molar-refractivity contribution in [3.63, 3.8) is 0 Å². The highest BCUT2D eigenvalue weighted by Gasteiger charge is 2.34. The Morgan fingerprint density at radius 3 is 0.700 bits per heavy atom. The first kappa shape index (κ1) is 84.8. The number of amides is 2. The Labute approximate surface area is 556 Å². The quantitative estimate of drug-likeness (QED) is 0.0330. The summed E-state index contributed by atoms with van der Waals surface area (Å²) in [6.07, 6.45) is 48.2. The molecule has 0 aromatic heterocycles. The van der Waals surface area contributed by atoms with Gasteiger partial charge in [-0.15, -0.1) is 0 Å². The van der Waals surface area contributed by atoms with Gasteiger partial charge in [-0.1, -0.05) is 282 Å². The van der Waals surface area contributed by atoms with Crippen molar-refractivity contribution < 1.29 is 57.3 Å². The molecule has 0 saturated carbocycles. The minimum absolute atomic E-state index is 0.0152. The van der Waals surface area contributed by atoms with Crippen LogP contribution in [0.3, 0.4) is 0 Å². The van der Waals surface area contributed by atoms with Crippen LogP contribution in [0.4, 0.5) is 0 Å². The average Bonchev–Trinajstić information content (AvgIpc) is 2.23. The fourth-order valence-electron chi connectivity index (χ4n) is 11.0. The molecule has 2 amide bonds. The number of ether oxygens (including phenoxy) is 4. The molecule has 1 aliphatic heterocycles. The molecule has 1 aliphatic rings. The number of carbonyl (C=O) groups is 8. The first-order valence-electron chi connectivity index (χ1n) is 36.9. The molecule has 90 heavy (non-hydrogen) atoms. The normalized spacial score (nSPS) is 14.0. The predicted octanol–water partition coefficient (Wildman–Crippen LogP) is 16.3. The van der Waals surface area contributed by atoms with Crippen molar-refractivity contribution in [1.29, 1.82) is 0 Å². The molecule has 1 rings (SSSR count). The van der Waals surface area contributed by atoms with E-state index in [-0.39, 0.29) is 97.2 Å². The lowest BCUT2D eigenvalue weighted by molar-refractivity contribution is -0.146. The van der Waals surface area contributed by atoms with Crippen molar-refractivity contribution in [3.05, 3.63) is 0 Å². The van der Waals surface area contributed by atoms with Gasteiger partial charge in [0.05, 0.1) is 52.1 Å². The lowest BCUT2D eigenvalue weighted by Gasteiger charge is -2.29. The standard InChI is InChI=1S/C72H132N4O12S2/c1-5-9-13-17-21-25-29-33-37-41-57-85-65(77)45-51-75(52-46-66(78)86-58-42-38-34-30-26-22-18-14-10-6-2)55-49-69(81)89-61-63-71(83)74-64(72(84)73-63)62-90-70(82)50-56-76(53-47-67(79)87-59-43-39-35-31-27-23-19-15-11-7-3)54-48-68(80)88-60-44-40-36-32-28-24-20-16-12-8-4/h63-64H,5-62H2,1-4H3,(H,73,84)(H,74,83). The van der Waals surface area contributed by atoms with Crippen molar-refractivity contribution >= 4 is 69.4 Å². The van der Waals surface area contributed by atoms with E-state index in [2.05, 4.69) is 38.3 Å². The fourth-order valence-corrected chi connectivity index (χ4v) is 12.6. The van der Waals surface area contributed by atoms with E-state index in [1.54, 1.807) is 0 Å². The summed E-state index contributed by atoms with van der Waals surface area (Å²) in [6, 6.07) is -1.90. The number of hydrogen-bond acceptors (Lipinski definition) is 16. The SMILES string of the molecule is CCCCCCCCCCCCOC(=O)CCN(CCC(=O)OCCCCCCCCCCCC)CCC(=O)SCC1NC(=O)C(CSC(=O)CCN(CCC(=O)OCCCCCCCCCCCC)CCC(=O)OCCCCCCCCCCCC)NC1=O. The molecule has 0 aromatic carbocycles. The average molecular weight is 1310 g/mol. The fraction of sp³-hybridized carbons (Fsp3) is 0.889. The van der Waals surface area contributed by atoms with Gasteiger partial charge in [0.1, 0.15) is 12.1 Å². The highest BCUT2D eigenvalue weighted by Crippen LogP contribution is 2.18. The molecule has 0 radical (unpaired) electrons. The van der Waals surface area contributed by atoms with Crippen LogP contribution in [-0.4, -0.2) is 145 Å². The molecule has 1 saturated heterocycles. The van der Waals surface area contributed by atoms with Gasteiger partial charge in [0.25, 0.3) is 0 Å². The van der Waals surface area contributed by atoms with Gasteiger partial charge in [-0.2, -0.15) is 0 Å². The van der Waals surface area contributed by atoms with E-state index in [0.29, 0.717) is 52.6 Å². The zero-order chi connectivity index (χ0) is 65.6. The van der Waals surface area contributed by atoms with Gasteiger partial charge in [0.2, 0.25) is 11.8 Å². The maximum absolute atomic E-state index is 13.3. The number of hydrogen-bond donors (Lipinski definition) is 2. The van der Waals surface area contributed by atoms with E-state index in [1.807, 2.05) is 9.80 Å². The first-order chi connectivity index (χ1) is 43.9. The highest BCUT2D eigenvalue weighted by molar-refractivity contribution is 8.13.